The van der Waals surface area contributed by atoms with Gasteiger partial charge in [-0.2, -0.15) is 0 Å². The molecule has 0 fully saturated rings. The van der Waals surface area contributed by atoms with E-state index < -0.39 is 23.9 Å². The number of rotatable bonds is 12. The zero-order chi connectivity index (χ0) is 38.5. The highest BCUT2D eigenvalue weighted by atomic mass is 16.5. The molecule has 0 saturated carbocycles. The van der Waals surface area contributed by atoms with E-state index in [4.69, 9.17) is 28.9 Å². The normalized spacial score (nSPS) is 11.3. The summed E-state index contributed by atoms with van der Waals surface area (Å²) < 4.78 is 19.0. The van der Waals surface area contributed by atoms with Crippen LogP contribution in [0.25, 0.3) is 48.6 Å². The monoisotopic (exact) mass is 724 g/mol. The van der Waals surface area contributed by atoms with Gasteiger partial charge < -0.3 is 18.9 Å². The third kappa shape index (κ3) is 9.85. The second-order valence-electron chi connectivity index (χ2n) is 11.0. The molecule has 5 heterocycles. The van der Waals surface area contributed by atoms with Crippen molar-refractivity contribution in [3.8, 4) is 0 Å². The van der Waals surface area contributed by atoms with Gasteiger partial charge in [0.05, 0.1) is 51.2 Å². The molecule has 0 unspecified atom stereocenters. The average Bonchev–Trinajstić information content (AvgIpc) is 3.23. The second kappa shape index (κ2) is 18.1. The van der Waals surface area contributed by atoms with Crippen LogP contribution in [0, 0.1) is 0 Å². The van der Waals surface area contributed by atoms with E-state index in [9.17, 15) is 19.2 Å². The van der Waals surface area contributed by atoms with Crippen LogP contribution in [0.4, 0.5) is 0 Å². The molecular formula is C40H32N6O8. The molecule has 0 aliphatic heterocycles. The smallest absolute Gasteiger partial charge is 0.356 e. The number of pyridine rings is 4. The fourth-order valence-corrected chi connectivity index (χ4v) is 4.60. The molecule has 0 amide bonds. The molecule has 0 aliphatic rings. The van der Waals surface area contributed by atoms with Gasteiger partial charge in [-0.15, -0.1) is 0 Å². The average molecular weight is 725 g/mol. The van der Waals surface area contributed by atoms with Crippen LogP contribution in [-0.4, -0.2) is 82.2 Å². The van der Waals surface area contributed by atoms with E-state index in [0.29, 0.717) is 45.0 Å². The van der Waals surface area contributed by atoms with Crippen LogP contribution < -0.4 is 0 Å². The highest BCUT2D eigenvalue weighted by Gasteiger charge is 2.12. The molecule has 0 aliphatic carbocycles. The lowest BCUT2D eigenvalue weighted by molar-refractivity contribution is 0.0585. The van der Waals surface area contributed by atoms with Gasteiger partial charge in [-0.3, -0.25) is 0 Å². The zero-order valence-corrected chi connectivity index (χ0v) is 29.5. The maximum Gasteiger partial charge on any atom is 0.356 e. The van der Waals surface area contributed by atoms with Crippen LogP contribution in [-0.2, 0) is 18.9 Å². The molecule has 5 aromatic heterocycles. The molecule has 0 spiro atoms. The number of ether oxygens (including phenoxy) is 4. The number of esters is 4. The SMILES string of the molecule is COC(=O)c1ccc(C=Cc2nc(C=Cc3ccc(C(=O)OC)nc3)c(C=Cc3ccc(C(=O)OC)nc3)nc2C=Cc2ccc(C(=O)OC)nc2)cn1. The molecule has 0 bridgehead atoms. The van der Waals surface area contributed by atoms with Crippen molar-refractivity contribution in [3.63, 3.8) is 0 Å². The highest BCUT2D eigenvalue weighted by Crippen LogP contribution is 2.21. The first-order valence-corrected chi connectivity index (χ1v) is 16.0. The van der Waals surface area contributed by atoms with Crippen molar-refractivity contribution in [2.24, 2.45) is 0 Å². The molecule has 5 aromatic rings. The minimum Gasteiger partial charge on any atom is -0.464 e. The van der Waals surface area contributed by atoms with E-state index in [1.807, 2.05) is 0 Å². The molecule has 0 atom stereocenters. The van der Waals surface area contributed by atoms with Crippen LogP contribution in [0.15, 0.2) is 73.3 Å². The van der Waals surface area contributed by atoms with E-state index in [0.717, 1.165) is 0 Å². The lowest BCUT2D eigenvalue weighted by atomic mass is 10.1. The van der Waals surface area contributed by atoms with E-state index in [1.165, 1.54) is 53.2 Å². The van der Waals surface area contributed by atoms with Crippen LogP contribution >= 0.6 is 0 Å². The van der Waals surface area contributed by atoms with Gasteiger partial charge in [-0.1, -0.05) is 48.6 Å². The summed E-state index contributed by atoms with van der Waals surface area (Å²) in [5.74, 6) is -2.21. The van der Waals surface area contributed by atoms with E-state index in [-0.39, 0.29) is 22.8 Å². The lowest BCUT2D eigenvalue weighted by Gasteiger charge is -2.08. The van der Waals surface area contributed by atoms with Crippen LogP contribution in [0.1, 0.15) is 87.0 Å². The van der Waals surface area contributed by atoms with Crippen molar-refractivity contribution in [3.05, 3.63) is 141 Å². The molecule has 5 rings (SSSR count). The first-order valence-electron chi connectivity index (χ1n) is 16.0. The van der Waals surface area contributed by atoms with Crippen molar-refractivity contribution in [1.29, 1.82) is 0 Å². The van der Waals surface area contributed by atoms with Crippen molar-refractivity contribution in [2.75, 3.05) is 28.4 Å². The van der Waals surface area contributed by atoms with Gasteiger partial charge in [-0.25, -0.2) is 49.1 Å². The van der Waals surface area contributed by atoms with Crippen LogP contribution in [0.3, 0.4) is 0 Å². The minimum atomic E-state index is -0.552. The van der Waals surface area contributed by atoms with E-state index in [1.54, 1.807) is 97.1 Å². The molecule has 0 aromatic carbocycles. The fraction of sp³-hybridized carbons (Fsp3) is 0.100. The number of carbonyl (C=O) groups is 4. The van der Waals surface area contributed by atoms with Crippen molar-refractivity contribution >= 4 is 72.5 Å². The number of nitrogens with zero attached hydrogens (tertiary/aromatic N) is 6. The highest BCUT2D eigenvalue weighted by molar-refractivity contribution is 5.89. The van der Waals surface area contributed by atoms with E-state index >= 15 is 0 Å². The van der Waals surface area contributed by atoms with Gasteiger partial charge in [0.15, 0.2) is 0 Å². The Bertz CT molecular complexity index is 1940. The molecule has 54 heavy (non-hydrogen) atoms. The summed E-state index contributed by atoms with van der Waals surface area (Å²) in [5, 5.41) is 0. The summed E-state index contributed by atoms with van der Waals surface area (Å²) in [5.41, 5.74) is 5.29. The third-order valence-corrected chi connectivity index (χ3v) is 7.46. The maximum absolute atomic E-state index is 11.9. The Labute approximate surface area is 309 Å². The molecule has 0 radical (unpaired) electrons. The Morgan fingerprint density at radius 2 is 0.593 bits per heavy atom. The summed E-state index contributed by atoms with van der Waals surface area (Å²) in [6.45, 7) is 0. The van der Waals surface area contributed by atoms with Crippen LogP contribution in [0.2, 0.25) is 0 Å². The number of hydrogen-bond donors (Lipinski definition) is 0. The second-order valence-corrected chi connectivity index (χ2v) is 11.0. The summed E-state index contributed by atoms with van der Waals surface area (Å²) in [6.07, 6.45) is 20.2. The summed E-state index contributed by atoms with van der Waals surface area (Å²) in [6, 6.07) is 13.1. The maximum atomic E-state index is 11.9. The van der Waals surface area contributed by atoms with Gasteiger partial charge in [0.1, 0.15) is 22.8 Å². The van der Waals surface area contributed by atoms with Crippen LogP contribution in [0.5, 0.6) is 0 Å². The number of methoxy groups -OCH3 is 4. The predicted molar refractivity (Wildman–Crippen MR) is 200 cm³/mol. The number of carbonyl (C=O) groups excluding carboxylic acids is 4. The van der Waals surface area contributed by atoms with Crippen molar-refractivity contribution in [2.45, 2.75) is 0 Å². The number of hydrogen-bond acceptors (Lipinski definition) is 14. The largest absolute Gasteiger partial charge is 0.464 e. The molecular weight excluding hydrogens is 692 g/mol. The van der Waals surface area contributed by atoms with Crippen molar-refractivity contribution in [1.82, 2.24) is 29.9 Å². The quantitative estimate of drug-likeness (QED) is 0.110. The summed E-state index contributed by atoms with van der Waals surface area (Å²) in [7, 11) is 5.13. The standard InChI is InChI=1S/C40H32N6O8/c1-51-37(47)33-17-9-25(21-41-33)5-13-29-30(14-6-26-10-18-34(42-22-26)38(48)52-2)46-32(16-8-28-12-20-36(44-24-28)40(50)54-4)31(45-29)15-7-27-11-19-35(43-23-27)39(49)53-3/h5-24H,1-4H3. The Kier molecular flexibility index (Phi) is 12.7. The Balaban J connectivity index is 1.59. The third-order valence-electron chi connectivity index (χ3n) is 7.46. The Morgan fingerprint density at radius 1 is 0.370 bits per heavy atom. The molecule has 0 saturated heterocycles. The van der Waals surface area contributed by atoms with Crippen molar-refractivity contribution < 1.29 is 38.1 Å². The van der Waals surface area contributed by atoms with Gasteiger partial charge >= 0.3 is 23.9 Å². The minimum absolute atomic E-state index is 0.165. The molecule has 270 valence electrons. The number of aromatic nitrogens is 6. The van der Waals surface area contributed by atoms with Gasteiger partial charge in [0, 0.05) is 24.8 Å². The van der Waals surface area contributed by atoms with E-state index in [2.05, 4.69) is 19.9 Å². The first kappa shape index (κ1) is 37.8. The molecule has 0 N–H and O–H groups in total. The topological polar surface area (TPSA) is 183 Å². The van der Waals surface area contributed by atoms with Gasteiger partial charge in [-0.05, 0) is 70.8 Å². The Morgan fingerprint density at radius 3 is 0.759 bits per heavy atom. The van der Waals surface area contributed by atoms with Gasteiger partial charge in [0.2, 0.25) is 0 Å². The van der Waals surface area contributed by atoms with Gasteiger partial charge in [0.25, 0.3) is 0 Å². The fourth-order valence-electron chi connectivity index (χ4n) is 4.60. The predicted octanol–water partition coefficient (Wildman–Crippen LogP) is 5.88. The summed E-state index contributed by atoms with van der Waals surface area (Å²) in [4.78, 5) is 74.1. The summed E-state index contributed by atoms with van der Waals surface area (Å²) >= 11 is 0. The molecule has 14 nitrogen and oxygen atoms in total. The lowest BCUT2D eigenvalue weighted by Crippen LogP contribution is -2.03. The zero-order valence-electron chi connectivity index (χ0n) is 29.5. The first-order chi connectivity index (χ1) is 26.2. The Hall–Kier alpha value is -7.48. The molecule has 14 heteroatoms.